The van der Waals surface area contributed by atoms with Crippen molar-refractivity contribution in [2.24, 2.45) is 5.73 Å². The predicted octanol–water partition coefficient (Wildman–Crippen LogP) is 5.18. The summed E-state index contributed by atoms with van der Waals surface area (Å²) >= 11 is 3.47. The van der Waals surface area contributed by atoms with E-state index < -0.39 is 5.92 Å². The molecule has 2 heterocycles. The Hall–Kier alpha value is -3.63. The van der Waals surface area contributed by atoms with Gasteiger partial charge in [-0.25, -0.2) is 0 Å². The van der Waals surface area contributed by atoms with Crippen LogP contribution in [0.5, 0.6) is 0 Å². The average molecular weight is 501 g/mol. The van der Waals surface area contributed by atoms with Crippen molar-refractivity contribution in [2.45, 2.75) is 31.7 Å². The van der Waals surface area contributed by atoms with E-state index in [1.54, 1.807) is 0 Å². The van der Waals surface area contributed by atoms with Crippen LogP contribution >= 0.6 is 15.9 Å². The highest BCUT2D eigenvalue weighted by Gasteiger charge is 2.40. The smallest absolute Gasteiger partial charge is 0.205 e. The van der Waals surface area contributed by atoms with Crippen molar-refractivity contribution in [1.29, 1.82) is 5.26 Å². The van der Waals surface area contributed by atoms with Crippen LogP contribution in [-0.4, -0.2) is 15.6 Å². The van der Waals surface area contributed by atoms with Crippen LogP contribution in [-0.2, 0) is 16.1 Å². The molecule has 1 atom stereocenters. The third-order valence-corrected chi connectivity index (χ3v) is 6.54. The number of carbonyl (C=O) groups excluding carboxylic acids is 1. The van der Waals surface area contributed by atoms with Crippen LogP contribution in [0.15, 0.2) is 88.1 Å². The van der Waals surface area contributed by atoms with Gasteiger partial charge >= 0.3 is 0 Å². The molecule has 33 heavy (non-hydrogen) atoms. The molecule has 0 bridgehead atoms. The van der Waals surface area contributed by atoms with Crippen LogP contribution in [0.1, 0.15) is 36.3 Å². The summed E-state index contributed by atoms with van der Waals surface area (Å²) in [6, 6.07) is 20.0. The lowest BCUT2D eigenvalue weighted by Crippen LogP contribution is -2.27. The van der Waals surface area contributed by atoms with Crippen LogP contribution in [0.2, 0.25) is 0 Å². The van der Waals surface area contributed by atoms with Gasteiger partial charge in [-0.15, -0.1) is 0 Å². The number of rotatable bonds is 4. The first-order chi connectivity index (χ1) is 16.0. The second kappa shape index (κ2) is 8.72. The van der Waals surface area contributed by atoms with Crippen molar-refractivity contribution in [3.05, 3.63) is 99.2 Å². The molecule has 2 N–H and O–H groups in total. The van der Waals surface area contributed by atoms with Crippen molar-refractivity contribution in [3.8, 4) is 17.3 Å². The number of allylic oxidation sites excluding steroid dienone is 3. The maximum atomic E-state index is 13.0. The van der Waals surface area contributed by atoms with E-state index in [0.29, 0.717) is 37.1 Å². The zero-order valence-corrected chi connectivity index (χ0v) is 19.4. The number of benzene rings is 2. The fourth-order valence-electron chi connectivity index (χ4n) is 4.49. The van der Waals surface area contributed by atoms with E-state index >= 15 is 0 Å². The number of ether oxygens (including phenoxy) is 1. The Bertz CT molecular complexity index is 1330. The minimum atomic E-state index is -0.597. The Morgan fingerprint density at radius 2 is 1.91 bits per heavy atom. The topological polar surface area (TPSA) is 93.9 Å². The normalized spacial score (nSPS) is 18.1. The number of nitrogens with zero attached hydrogens (tertiary/aromatic N) is 3. The number of ketones is 1. The maximum absolute atomic E-state index is 13.0. The van der Waals surface area contributed by atoms with E-state index in [-0.39, 0.29) is 17.2 Å². The molecular formula is C26H21BrN4O2. The van der Waals surface area contributed by atoms with Gasteiger partial charge in [-0.2, -0.15) is 10.4 Å². The molecule has 1 unspecified atom stereocenters. The third-order valence-electron chi connectivity index (χ3n) is 6.01. The van der Waals surface area contributed by atoms with Crippen molar-refractivity contribution < 1.29 is 9.53 Å². The summed E-state index contributed by atoms with van der Waals surface area (Å²) in [5.74, 6) is 0.0460. The Balaban J connectivity index is 1.68. The first-order valence-electron chi connectivity index (χ1n) is 10.8. The van der Waals surface area contributed by atoms with Gasteiger partial charge in [-0.05, 0) is 24.1 Å². The number of hydrogen-bond donors (Lipinski definition) is 1. The first kappa shape index (κ1) is 21.2. The molecule has 7 heteroatoms. The largest absolute Gasteiger partial charge is 0.444 e. The Morgan fingerprint density at radius 3 is 2.64 bits per heavy atom. The van der Waals surface area contributed by atoms with E-state index in [0.717, 1.165) is 26.9 Å². The van der Waals surface area contributed by atoms with Crippen LogP contribution in [0.3, 0.4) is 0 Å². The lowest BCUT2D eigenvalue weighted by molar-refractivity contribution is -0.116. The number of aromatic nitrogens is 2. The average Bonchev–Trinajstić information content (AvgIpc) is 3.24. The molecule has 5 rings (SSSR count). The summed E-state index contributed by atoms with van der Waals surface area (Å²) in [7, 11) is 0. The van der Waals surface area contributed by atoms with Crippen molar-refractivity contribution in [3.63, 3.8) is 0 Å². The Morgan fingerprint density at radius 1 is 1.15 bits per heavy atom. The number of nitriles is 1. The summed E-state index contributed by atoms with van der Waals surface area (Å²) in [6.07, 6.45) is 3.71. The van der Waals surface area contributed by atoms with Crippen LogP contribution in [0.25, 0.3) is 11.3 Å². The second-order valence-corrected chi connectivity index (χ2v) is 9.08. The van der Waals surface area contributed by atoms with Gasteiger partial charge in [-0.3, -0.25) is 9.48 Å². The van der Waals surface area contributed by atoms with Gasteiger partial charge in [0, 0.05) is 40.2 Å². The van der Waals surface area contributed by atoms with E-state index in [9.17, 15) is 10.1 Å². The number of carbonyl (C=O) groups is 1. The minimum Gasteiger partial charge on any atom is -0.444 e. The minimum absolute atomic E-state index is 0.00108. The van der Waals surface area contributed by atoms with Crippen LogP contribution in [0, 0.1) is 11.3 Å². The summed E-state index contributed by atoms with van der Waals surface area (Å²) in [5, 5.41) is 14.9. The summed E-state index contributed by atoms with van der Waals surface area (Å²) in [5.41, 5.74) is 10.5. The molecule has 1 aromatic heterocycles. The van der Waals surface area contributed by atoms with Crippen molar-refractivity contribution in [2.75, 3.05) is 0 Å². The second-order valence-electron chi connectivity index (χ2n) is 8.16. The number of nitrogens with two attached hydrogens (primary N) is 1. The maximum Gasteiger partial charge on any atom is 0.205 e. The molecule has 0 amide bonds. The standard InChI is InChI=1S/C26H21BrN4O2/c27-18-11-9-16(10-12-18)14-31-15-20(25(30-31)17-5-2-1-3-6-17)23-19(13-28)26(29)33-22-8-4-7-21(32)24(22)23/h1-3,5-6,9-12,15,23H,4,7-8,14,29H2. The molecular weight excluding hydrogens is 480 g/mol. The van der Waals surface area contributed by atoms with Crippen molar-refractivity contribution >= 4 is 21.7 Å². The van der Waals surface area contributed by atoms with Gasteiger partial charge in [-0.1, -0.05) is 58.4 Å². The molecule has 164 valence electrons. The number of hydrogen-bond acceptors (Lipinski definition) is 5. The van der Waals surface area contributed by atoms with Gasteiger partial charge in [0.05, 0.1) is 18.2 Å². The highest BCUT2D eigenvalue weighted by molar-refractivity contribution is 9.10. The zero-order valence-electron chi connectivity index (χ0n) is 17.8. The fourth-order valence-corrected chi connectivity index (χ4v) is 4.76. The van der Waals surface area contributed by atoms with E-state index in [1.807, 2.05) is 65.5 Å². The van der Waals surface area contributed by atoms with Gasteiger partial charge in [0.1, 0.15) is 17.4 Å². The molecule has 6 nitrogen and oxygen atoms in total. The van der Waals surface area contributed by atoms with Gasteiger partial charge in [0.15, 0.2) is 5.78 Å². The quantitative estimate of drug-likeness (QED) is 0.532. The molecule has 0 radical (unpaired) electrons. The fraction of sp³-hybridized carbons (Fsp3) is 0.192. The molecule has 1 aliphatic heterocycles. The zero-order chi connectivity index (χ0) is 22.9. The van der Waals surface area contributed by atoms with Crippen molar-refractivity contribution in [1.82, 2.24) is 9.78 Å². The molecule has 1 aliphatic carbocycles. The van der Waals surface area contributed by atoms with Gasteiger partial charge < -0.3 is 10.5 Å². The molecule has 2 aliphatic rings. The number of Topliss-reactive ketones (excluding diaryl/α,β-unsaturated/α-hetero) is 1. The Labute approximate surface area is 200 Å². The Kier molecular flexibility index (Phi) is 5.61. The highest BCUT2D eigenvalue weighted by atomic mass is 79.9. The summed E-state index contributed by atoms with van der Waals surface area (Å²) in [4.78, 5) is 13.0. The predicted molar refractivity (Wildman–Crippen MR) is 127 cm³/mol. The molecule has 0 spiro atoms. The molecule has 3 aromatic rings. The molecule has 0 saturated carbocycles. The summed E-state index contributed by atoms with van der Waals surface area (Å²) < 4.78 is 8.60. The van der Waals surface area contributed by atoms with Gasteiger partial charge in [0.25, 0.3) is 0 Å². The third kappa shape index (κ3) is 3.98. The monoisotopic (exact) mass is 500 g/mol. The van der Waals surface area contributed by atoms with Gasteiger partial charge in [0.2, 0.25) is 5.88 Å². The highest BCUT2D eigenvalue weighted by Crippen LogP contribution is 2.45. The molecule has 0 fully saturated rings. The number of halogens is 1. The van der Waals surface area contributed by atoms with Crippen LogP contribution in [0.4, 0.5) is 0 Å². The van der Waals surface area contributed by atoms with E-state index in [2.05, 4.69) is 22.0 Å². The van der Waals surface area contributed by atoms with Crippen LogP contribution < -0.4 is 5.73 Å². The van der Waals surface area contributed by atoms with E-state index in [1.165, 1.54) is 0 Å². The first-order valence-corrected chi connectivity index (χ1v) is 11.6. The summed E-state index contributed by atoms with van der Waals surface area (Å²) in [6.45, 7) is 0.553. The SMILES string of the molecule is N#CC1=C(N)OC2=C(C(=O)CCC2)C1c1cn(Cc2ccc(Br)cc2)nc1-c1ccccc1. The molecule has 0 saturated heterocycles. The molecule has 2 aromatic carbocycles. The van der Waals surface area contributed by atoms with E-state index in [4.69, 9.17) is 15.6 Å². The lowest BCUT2D eigenvalue weighted by atomic mass is 9.77. The lowest BCUT2D eigenvalue weighted by Gasteiger charge is -2.30.